The Morgan fingerprint density at radius 3 is 2.46 bits per heavy atom. The van der Waals surface area contributed by atoms with E-state index < -0.39 is 46.8 Å². The molecule has 15 heteroatoms. The van der Waals surface area contributed by atoms with E-state index in [-0.39, 0.29) is 48.8 Å². The van der Waals surface area contributed by atoms with Gasteiger partial charge in [0.05, 0.1) is 46.1 Å². The van der Waals surface area contributed by atoms with Gasteiger partial charge >= 0.3 is 5.97 Å². The van der Waals surface area contributed by atoms with E-state index in [9.17, 15) is 19.5 Å². The number of fused-ring (bicyclic) bond motifs is 6. The highest BCUT2D eigenvalue weighted by molar-refractivity contribution is 6.04. The molecule has 3 saturated carbocycles. The number of carbonyl (C=O) groups excluding carboxylic acids is 4. The van der Waals surface area contributed by atoms with Crippen molar-refractivity contribution in [3.05, 3.63) is 87.6 Å². The zero-order valence-electron chi connectivity index (χ0n) is 41.9. The Bertz CT molecular complexity index is 2890. The van der Waals surface area contributed by atoms with Gasteiger partial charge in [0.15, 0.2) is 22.7 Å². The molecule has 70 heavy (non-hydrogen) atoms. The van der Waals surface area contributed by atoms with Crippen molar-refractivity contribution in [2.45, 2.75) is 122 Å². The fourth-order valence-electron chi connectivity index (χ4n) is 12.3. The van der Waals surface area contributed by atoms with Crippen LogP contribution in [0.25, 0.3) is 22.8 Å². The number of benzene rings is 2. The number of aromatic nitrogens is 2. The van der Waals surface area contributed by atoms with E-state index in [2.05, 4.69) is 46.1 Å². The van der Waals surface area contributed by atoms with Gasteiger partial charge in [-0.1, -0.05) is 41.5 Å². The minimum Gasteiger partial charge on any atom is -0.482 e. The predicted molar refractivity (Wildman–Crippen MR) is 266 cm³/mol. The highest BCUT2D eigenvalue weighted by atomic mass is 16.6. The second-order valence-corrected chi connectivity index (χ2v) is 21.5. The lowest BCUT2D eigenvalue weighted by Gasteiger charge is -2.62. The van der Waals surface area contributed by atoms with Crippen molar-refractivity contribution in [1.29, 1.82) is 0 Å². The second-order valence-electron chi connectivity index (χ2n) is 21.5. The molecular weight excluding hydrogens is 889 g/mol. The molecule has 3 aromatic rings. The molecule has 1 spiro atoms. The predicted octanol–water partition coefficient (Wildman–Crippen LogP) is 7.25. The van der Waals surface area contributed by atoms with Crippen molar-refractivity contribution in [3.8, 4) is 17.2 Å². The van der Waals surface area contributed by atoms with Crippen LogP contribution >= 0.6 is 0 Å². The number of anilines is 1. The van der Waals surface area contributed by atoms with Crippen LogP contribution in [0.3, 0.4) is 0 Å². The molecule has 15 nitrogen and oxygen atoms in total. The first-order valence-electron chi connectivity index (χ1n) is 24.9. The molecule has 6 atom stereocenters. The summed E-state index contributed by atoms with van der Waals surface area (Å²) in [5.41, 5.74) is 2.56. The number of ketones is 1. The van der Waals surface area contributed by atoms with E-state index in [1.165, 1.54) is 5.57 Å². The SMILES string of the molecule is CC(C)=CCCC1(C)C=Cc2c(c(CC=C(C)C)c3c(c2OC(=O)CC(=O)N2CCN(C)CC2)C2=C4C(C5CC6C(C)(C)OC(C/C=C(/C)C(=O)NCCO)(C5=O)C46O3)n3c(nc4ccccc43)N2)O1. The largest absolute Gasteiger partial charge is 0.482 e. The number of allylic oxidation sites excluding steroid dienone is 4. The maximum absolute atomic E-state index is 16.0. The van der Waals surface area contributed by atoms with Crippen molar-refractivity contribution in [2.75, 3.05) is 51.7 Å². The maximum Gasteiger partial charge on any atom is 0.320 e. The summed E-state index contributed by atoms with van der Waals surface area (Å²) in [6.45, 7) is 18.3. The van der Waals surface area contributed by atoms with Gasteiger partial charge in [-0.25, -0.2) is 4.98 Å². The minimum atomic E-state index is -1.62. The van der Waals surface area contributed by atoms with Crippen LogP contribution in [0.1, 0.15) is 110 Å². The second kappa shape index (κ2) is 17.4. The Morgan fingerprint density at radius 2 is 1.73 bits per heavy atom. The Hall–Kier alpha value is -6.03. The Labute approximate surface area is 409 Å². The number of Topliss-reactive ketones (excluding diaryl/α,β-unsaturated/α-hetero) is 1. The normalized spacial score (nSPS) is 27.6. The van der Waals surface area contributed by atoms with E-state index in [0.29, 0.717) is 90.8 Å². The number of hydrogen-bond acceptors (Lipinski definition) is 12. The first kappa shape index (κ1) is 47.6. The molecule has 5 fully saturated rings. The van der Waals surface area contributed by atoms with Crippen molar-refractivity contribution < 1.29 is 43.2 Å². The van der Waals surface area contributed by atoms with E-state index in [0.717, 1.165) is 28.6 Å². The molecule has 6 unspecified atom stereocenters. The summed E-state index contributed by atoms with van der Waals surface area (Å²) in [5, 5.41) is 16.0. The minimum absolute atomic E-state index is 0.0170. The first-order valence-corrected chi connectivity index (χ1v) is 24.9. The highest BCUT2D eigenvalue weighted by Gasteiger charge is 2.84. The zero-order chi connectivity index (χ0) is 49.7. The number of aliphatic hydroxyl groups excluding tert-OH is 1. The fourth-order valence-corrected chi connectivity index (χ4v) is 12.3. The molecule has 0 radical (unpaired) electrons. The third kappa shape index (κ3) is 7.44. The zero-order valence-corrected chi connectivity index (χ0v) is 41.9. The summed E-state index contributed by atoms with van der Waals surface area (Å²) >= 11 is 0. The van der Waals surface area contributed by atoms with Gasteiger partial charge in [-0.15, -0.1) is 0 Å². The third-order valence-electron chi connectivity index (χ3n) is 15.7. The third-order valence-corrected chi connectivity index (χ3v) is 15.7. The van der Waals surface area contributed by atoms with Crippen LogP contribution < -0.4 is 24.8 Å². The maximum atomic E-state index is 16.0. The van der Waals surface area contributed by atoms with Gasteiger partial charge in [0.1, 0.15) is 23.5 Å². The number of esters is 1. The molecule has 2 saturated heterocycles. The van der Waals surface area contributed by atoms with E-state index in [4.69, 9.17) is 23.9 Å². The summed E-state index contributed by atoms with van der Waals surface area (Å²) in [5.74, 6) is -0.914. The summed E-state index contributed by atoms with van der Waals surface area (Å²) in [6.07, 6.45) is 11.8. The molecule has 11 rings (SSSR count). The van der Waals surface area contributed by atoms with Crippen molar-refractivity contribution in [2.24, 2.45) is 11.8 Å². The monoisotopic (exact) mass is 954 g/mol. The number of nitrogens with one attached hydrogen (secondary N) is 2. The number of imidazole rings is 1. The van der Waals surface area contributed by atoms with Crippen LogP contribution in [0.5, 0.6) is 17.2 Å². The van der Waals surface area contributed by atoms with Crippen LogP contribution in [-0.2, 0) is 30.3 Å². The molecular formula is C55H66N6O9. The number of carbonyl (C=O) groups is 4. The van der Waals surface area contributed by atoms with Crippen LogP contribution in [0.15, 0.2) is 70.9 Å². The number of aliphatic hydroxyl groups is 1. The molecule has 8 aliphatic rings. The van der Waals surface area contributed by atoms with Crippen LogP contribution in [0.2, 0.25) is 0 Å². The molecule has 4 bridgehead atoms. The lowest BCUT2D eigenvalue weighted by Crippen LogP contribution is -2.75. The Kier molecular flexibility index (Phi) is 11.8. The lowest BCUT2D eigenvalue weighted by atomic mass is 9.47. The molecule has 1 aromatic heterocycles. The molecule has 2 amide bonds. The van der Waals surface area contributed by atoms with Crippen LogP contribution in [-0.4, -0.2) is 117 Å². The number of likely N-dealkylation sites (N-methyl/N-ethyl adjacent to an activating group) is 1. The van der Waals surface area contributed by atoms with Gasteiger partial charge < -0.3 is 49.1 Å². The highest BCUT2D eigenvalue weighted by Crippen LogP contribution is 2.74. The quantitative estimate of drug-likeness (QED) is 0.0516. The molecule has 6 heterocycles. The molecule has 2 aromatic carbocycles. The van der Waals surface area contributed by atoms with Gasteiger partial charge in [0.25, 0.3) is 0 Å². The summed E-state index contributed by atoms with van der Waals surface area (Å²) < 4.78 is 31.3. The van der Waals surface area contributed by atoms with Crippen LogP contribution in [0.4, 0.5) is 5.95 Å². The van der Waals surface area contributed by atoms with Gasteiger partial charge in [0, 0.05) is 67.7 Å². The summed E-state index contributed by atoms with van der Waals surface area (Å²) in [6, 6.07) is 7.28. The van der Waals surface area contributed by atoms with E-state index >= 15 is 4.79 Å². The topological polar surface area (TPSA) is 174 Å². The van der Waals surface area contributed by atoms with Crippen molar-refractivity contribution in [3.63, 3.8) is 0 Å². The first-order chi connectivity index (χ1) is 33.3. The summed E-state index contributed by atoms with van der Waals surface area (Å²) in [7, 11) is 2.01. The van der Waals surface area contributed by atoms with Gasteiger partial charge in [-0.2, -0.15) is 0 Å². The van der Waals surface area contributed by atoms with Crippen molar-refractivity contribution in [1.82, 2.24) is 24.7 Å². The lowest BCUT2D eigenvalue weighted by molar-refractivity contribution is -0.181. The number of ether oxygens (including phenoxy) is 4. The number of rotatable bonds is 13. The van der Waals surface area contributed by atoms with Gasteiger partial charge in [0.2, 0.25) is 17.8 Å². The fraction of sp³-hybridized carbons (Fsp3) is 0.509. The summed E-state index contributed by atoms with van der Waals surface area (Å²) in [4.78, 5) is 66.7. The Balaban J connectivity index is 1.24. The smallest absolute Gasteiger partial charge is 0.320 e. The molecule has 5 aliphatic heterocycles. The van der Waals surface area contributed by atoms with Gasteiger partial charge in [-0.05, 0) is 112 Å². The molecule has 370 valence electrons. The molecule has 3 N–H and O–H groups in total. The number of nitrogens with zero attached hydrogens (tertiary/aromatic N) is 4. The number of hydrogen-bond donors (Lipinski definition) is 3. The van der Waals surface area contributed by atoms with E-state index in [1.807, 2.05) is 78.1 Å². The standard InChI is InChI=1S/C55H66N6O9/c1-31(2)13-12-20-53(8)21-19-35-46(68-53)34(17-16-32(3)4)48-42(47(35)67-41(64)30-40(63)60-26-24-59(9)25-27-60)44-43-45(61-38-15-11-10-14-37(38)57-51(61)58-44)36-29-39-52(6,7)70-54(49(36)65,55(39,43)69-48)22-18-33(5)50(66)56-23-28-62/h10-11,13-16,18-19,21,36,39,45,62H,12,17,20,22-30H2,1-9H3,(H,56,66)(H,57,58)/b33-18-. The average Bonchev–Trinajstić information content (AvgIpc) is 3.75. The number of para-hydroxylation sites is 2. The number of piperazine rings is 1. The van der Waals surface area contributed by atoms with Crippen LogP contribution in [0, 0.1) is 11.8 Å². The van der Waals surface area contributed by atoms with Gasteiger partial charge in [-0.3, -0.25) is 19.2 Å². The average molecular weight is 955 g/mol. The Morgan fingerprint density at radius 1 is 0.986 bits per heavy atom. The molecule has 3 aliphatic carbocycles. The number of amides is 2. The van der Waals surface area contributed by atoms with E-state index in [1.54, 1.807) is 17.9 Å². The van der Waals surface area contributed by atoms with Crippen molar-refractivity contribution >= 4 is 52.3 Å².